The van der Waals surface area contributed by atoms with E-state index >= 15 is 0 Å². The number of unbranched alkanes of at least 4 members (excludes halogenated alkanes) is 5. The second kappa shape index (κ2) is 13.2. The fourth-order valence-electron chi connectivity index (χ4n) is 1.43. The van der Waals surface area contributed by atoms with Gasteiger partial charge in [0.1, 0.15) is 0 Å². The van der Waals surface area contributed by atoms with Crippen molar-refractivity contribution in [3.05, 3.63) is 37.0 Å². The van der Waals surface area contributed by atoms with Gasteiger partial charge in [-0.1, -0.05) is 69.6 Å². The van der Waals surface area contributed by atoms with Gasteiger partial charge in [0, 0.05) is 0 Å². The molecular weight excluding hydrogens is 180 g/mol. The van der Waals surface area contributed by atoms with E-state index in [1.165, 1.54) is 38.5 Å². The third-order valence-corrected chi connectivity index (χ3v) is 2.35. The highest BCUT2D eigenvalue weighted by Crippen LogP contribution is 2.05. The first kappa shape index (κ1) is 14.2. The average molecular weight is 205 g/mol. The molecule has 0 nitrogen and oxygen atoms in total. The summed E-state index contributed by atoms with van der Waals surface area (Å²) in [4.78, 5) is 0. The van der Waals surface area contributed by atoms with Crippen LogP contribution in [0, 0.1) is 6.58 Å². The Bertz CT molecular complexity index is 174. The first-order valence-corrected chi connectivity index (χ1v) is 6.25. The molecule has 0 aromatic carbocycles. The summed E-state index contributed by atoms with van der Waals surface area (Å²) in [6, 6.07) is 0. The van der Waals surface area contributed by atoms with Gasteiger partial charge in [-0.25, -0.2) is 0 Å². The largest absolute Gasteiger partial charge is 0.0882 e. The standard InChI is InChI=1S/C15H25/c1-3-5-7-9-11-13-15-14-12-10-8-6-4-2/h1,3,7,9,13,15H,4-6,8,10-12,14H2,2H3. The Morgan fingerprint density at radius 1 is 0.800 bits per heavy atom. The van der Waals surface area contributed by atoms with E-state index in [2.05, 4.69) is 31.2 Å². The quantitative estimate of drug-likeness (QED) is 0.338. The van der Waals surface area contributed by atoms with Gasteiger partial charge in [0.05, 0.1) is 0 Å². The molecule has 0 heteroatoms. The molecule has 0 aliphatic rings. The van der Waals surface area contributed by atoms with Gasteiger partial charge >= 0.3 is 0 Å². The smallest absolute Gasteiger partial charge is 0.0166 e. The van der Waals surface area contributed by atoms with Crippen molar-refractivity contribution in [2.45, 2.75) is 58.3 Å². The summed E-state index contributed by atoms with van der Waals surface area (Å²) in [7, 11) is 0. The van der Waals surface area contributed by atoms with E-state index in [0.717, 1.165) is 12.8 Å². The molecule has 0 spiro atoms. The molecule has 0 aromatic heterocycles. The second-order valence-electron chi connectivity index (χ2n) is 3.85. The molecule has 15 heavy (non-hydrogen) atoms. The molecule has 0 atom stereocenters. The van der Waals surface area contributed by atoms with E-state index in [0.29, 0.717) is 0 Å². The second-order valence-corrected chi connectivity index (χ2v) is 3.85. The summed E-state index contributed by atoms with van der Waals surface area (Å²) in [6.45, 7) is 7.51. The number of hydrogen-bond donors (Lipinski definition) is 0. The lowest BCUT2D eigenvalue weighted by molar-refractivity contribution is 0.637. The minimum Gasteiger partial charge on any atom is -0.0882 e. The molecular formula is C15H25. The molecule has 0 saturated carbocycles. The minimum atomic E-state index is 0.880. The molecule has 0 bridgehead atoms. The lowest BCUT2D eigenvalue weighted by atomic mass is 10.1. The summed E-state index contributed by atoms with van der Waals surface area (Å²) in [5, 5.41) is 0. The van der Waals surface area contributed by atoms with E-state index in [1.54, 1.807) is 6.08 Å². The molecule has 0 unspecified atom stereocenters. The third-order valence-electron chi connectivity index (χ3n) is 2.35. The van der Waals surface area contributed by atoms with Crippen molar-refractivity contribution < 1.29 is 0 Å². The van der Waals surface area contributed by atoms with Crippen molar-refractivity contribution in [3.63, 3.8) is 0 Å². The maximum atomic E-state index is 5.25. The SMILES string of the molecule is [CH]=CCC=CCC=CCCCCCCC. The van der Waals surface area contributed by atoms with Crippen LogP contribution in [0.1, 0.15) is 58.3 Å². The van der Waals surface area contributed by atoms with Crippen LogP contribution in [0.25, 0.3) is 0 Å². The van der Waals surface area contributed by atoms with Crippen LogP contribution in [-0.4, -0.2) is 0 Å². The van der Waals surface area contributed by atoms with Crippen molar-refractivity contribution >= 4 is 0 Å². The molecule has 85 valence electrons. The molecule has 0 fully saturated rings. The monoisotopic (exact) mass is 205 g/mol. The maximum absolute atomic E-state index is 5.25. The van der Waals surface area contributed by atoms with Gasteiger partial charge in [0.15, 0.2) is 0 Å². The van der Waals surface area contributed by atoms with Crippen LogP contribution in [0.15, 0.2) is 30.4 Å². The normalized spacial score (nSPS) is 11.5. The molecule has 0 aliphatic carbocycles. The highest BCUT2D eigenvalue weighted by atomic mass is 13.9. The Balaban J connectivity index is 3.13. The fraction of sp³-hybridized carbons (Fsp3) is 0.600. The Morgan fingerprint density at radius 3 is 2.20 bits per heavy atom. The Labute approximate surface area is 95.8 Å². The van der Waals surface area contributed by atoms with E-state index in [-0.39, 0.29) is 0 Å². The Hall–Kier alpha value is -0.780. The van der Waals surface area contributed by atoms with Gasteiger partial charge in [-0.2, -0.15) is 0 Å². The van der Waals surface area contributed by atoms with E-state index in [9.17, 15) is 0 Å². The highest BCUT2D eigenvalue weighted by Gasteiger charge is 1.85. The van der Waals surface area contributed by atoms with E-state index in [1.807, 2.05) is 0 Å². The van der Waals surface area contributed by atoms with Crippen LogP contribution in [0.3, 0.4) is 0 Å². The minimum absolute atomic E-state index is 0.880. The van der Waals surface area contributed by atoms with Crippen LogP contribution < -0.4 is 0 Å². The van der Waals surface area contributed by atoms with E-state index < -0.39 is 0 Å². The summed E-state index contributed by atoms with van der Waals surface area (Å²) < 4.78 is 0. The van der Waals surface area contributed by atoms with Gasteiger partial charge < -0.3 is 0 Å². The molecule has 0 aromatic rings. The zero-order valence-electron chi connectivity index (χ0n) is 10.1. The van der Waals surface area contributed by atoms with Crippen molar-refractivity contribution in [1.82, 2.24) is 0 Å². The molecule has 0 N–H and O–H groups in total. The average Bonchev–Trinajstić information content (AvgIpc) is 2.26. The van der Waals surface area contributed by atoms with Gasteiger partial charge in [0.25, 0.3) is 0 Å². The number of hydrogen-bond acceptors (Lipinski definition) is 0. The molecule has 1 radical (unpaired) electrons. The molecule has 0 saturated heterocycles. The Morgan fingerprint density at radius 2 is 1.47 bits per heavy atom. The number of allylic oxidation sites excluding steroid dienone is 5. The zero-order chi connectivity index (χ0) is 11.2. The molecule has 0 aliphatic heterocycles. The molecule has 0 heterocycles. The van der Waals surface area contributed by atoms with Crippen LogP contribution in [0.5, 0.6) is 0 Å². The van der Waals surface area contributed by atoms with Gasteiger partial charge in [-0.15, -0.1) is 0 Å². The van der Waals surface area contributed by atoms with Crippen molar-refractivity contribution in [2.24, 2.45) is 0 Å². The Kier molecular flexibility index (Phi) is 12.5. The summed E-state index contributed by atoms with van der Waals surface area (Å²) >= 11 is 0. The summed E-state index contributed by atoms with van der Waals surface area (Å²) in [5.41, 5.74) is 0. The highest BCUT2D eigenvalue weighted by molar-refractivity contribution is 4.94. The van der Waals surface area contributed by atoms with Gasteiger partial charge in [-0.05, 0) is 25.7 Å². The van der Waals surface area contributed by atoms with Crippen LogP contribution in [0.2, 0.25) is 0 Å². The topological polar surface area (TPSA) is 0 Å². The first-order valence-electron chi connectivity index (χ1n) is 6.25. The predicted molar refractivity (Wildman–Crippen MR) is 69.8 cm³/mol. The van der Waals surface area contributed by atoms with Crippen molar-refractivity contribution in [1.29, 1.82) is 0 Å². The van der Waals surface area contributed by atoms with Gasteiger partial charge in [-0.3, -0.25) is 0 Å². The fourth-order valence-corrected chi connectivity index (χ4v) is 1.43. The maximum Gasteiger partial charge on any atom is -0.0166 e. The van der Waals surface area contributed by atoms with Gasteiger partial charge in [0.2, 0.25) is 0 Å². The van der Waals surface area contributed by atoms with Crippen LogP contribution in [-0.2, 0) is 0 Å². The van der Waals surface area contributed by atoms with E-state index in [4.69, 9.17) is 6.58 Å². The third kappa shape index (κ3) is 13.2. The van der Waals surface area contributed by atoms with Crippen molar-refractivity contribution in [3.8, 4) is 0 Å². The number of rotatable bonds is 10. The summed E-state index contributed by atoms with van der Waals surface area (Å²) in [6.07, 6.45) is 20.5. The van der Waals surface area contributed by atoms with Crippen LogP contribution >= 0.6 is 0 Å². The lowest BCUT2D eigenvalue weighted by Gasteiger charge is -1.95. The zero-order valence-corrected chi connectivity index (χ0v) is 10.1. The first-order chi connectivity index (χ1) is 7.41. The lowest BCUT2D eigenvalue weighted by Crippen LogP contribution is -1.75. The molecule has 0 amide bonds. The predicted octanol–water partition coefficient (Wildman–Crippen LogP) is 5.23. The van der Waals surface area contributed by atoms with Crippen molar-refractivity contribution in [2.75, 3.05) is 0 Å². The molecule has 0 rings (SSSR count). The van der Waals surface area contributed by atoms with Crippen LogP contribution in [0.4, 0.5) is 0 Å². The summed E-state index contributed by atoms with van der Waals surface area (Å²) in [5.74, 6) is 0.